The van der Waals surface area contributed by atoms with E-state index in [0.717, 1.165) is 11.3 Å². The number of halogens is 1. The SMILES string of the molecule is Cc1cc(S(=O)(=O)NCC2(C(=O)O)CCOCC2)sc1Cl. The van der Waals surface area contributed by atoms with Crippen LogP contribution in [0.4, 0.5) is 0 Å². The average molecular weight is 354 g/mol. The van der Waals surface area contributed by atoms with Gasteiger partial charge in [0.25, 0.3) is 0 Å². The Morgan fingerprint density at radius 3 is 2.62 bits per heavy atom. The number of aliphatic carboxylic acids is 1. The predicted molar refractivity (Wildman–Crippen MR) is 79.4 cm³/mol. The molecule has 2 N–H and O–H groups in total. The van der Waals surface area contributed by atoms with Crippen molar-refractivity contribution in [3.05, 3.63) is 16.0 Å². The van der Waals surface area contributed by atoms with Crippen LogP contribution in [0.1, 0.15) is 18.4 Å². The molecule has 21 heavy (non-hydrogen) atoms. The Morgan fingerprint density at radius 1 is 1.52 bits per heavy atom. The fourth-order valence-corrected chi connectivity index (χ4v) is 4.98. The monoisotopic (exact) mass is 353 g/mol. The summed E-state index contributed by atoms with van der Waals surface area (Å²) in [7, 11) is -3.75. The highest BCUT2D eigenvalue weighted by atomic mass is 35.5. The van der Waals surface area contributed by atoms with Crippen molar-refractivity contribution < 1.29 is 23.1 Å². The van der Waals surface area contributed by atoms with Crippen LogP contribution in [0, 0.1) is 12.3 Å². The average Bonchev–Trinajstić information content (AvgIpc) is 2.78. The van der Waals surface area contributed by atoms with Crippen LogP contribution in [-0.2, 0) is 19.6 Å². The second-order valence-corrected chi connectivity index (χ2v) is 8.69. The van der Waals surface area contributed by atoms with Crippen molar-refractivity contribution in [1.82, 2.24) is 4.72 Å². The summed E-state index contributed by atoms with van der Waals surface area (Å²) >= 11 is 6.84. The number of hydrogen-bond acceptors (Lipinski definition) is 5. The molecule has 0 bridgehead atoms. The number of carbonyl (C=O) groups is 1. The highest BCUT2D eigenvalue weighted by molar-refractivity contribution is 7.91. The number of sulfonamides is 1. The molecule has 1 aliphatic heterocycles. The molecule has 0 spiro atoms. The van der Waals surface area contributed by atoms with Gasteiger partial charge in [0.15, 0.2) is 0 Å². The summed E-state index contributed by atoms with van der Waals surface area (Å²) in [4.78, 5) is 11.5. The van der Waals surface area contributed by atoms with E-state index in [0.29, 0.717) is 23.1 Å². The summed E-state index contributed by atoms with van der Waals surface area (Å²) in [6.45, 7) is 2.20. The third-order valence-corrected chi connectivity index (χ3v) is 7.03. The Bertz CT molecular complexity index is 615. The molecule has 1 fully saturated rings. The van der Waals surface area contributed by atoms with Crippen LogP contribution in [0.15, 0.2) is 10.3 Å². The molecule has 1 aromatic heterocycles. The summed E-state index contributed by atoms with van der Waals surface area (Å²) in [5.41, 5.74) is -0.428. The lowest BCUT2D eigenvalue weighted by molar-refractivity contribution is -0.154. The van der Waals surface area contributed by atoms with Crippen molar-refractivity contribution in [2.24, 2.45) is 5.41 Å². The topological polar surface area (TPSA) is 92.7 Å². The molecule has 0 atom stereocenters. The zero-order valence-electron chi connectivity index (χ0n) is 11.4. The van der Waals surface area contributed by atoms with E-state index in [2.05, 4.69) is 4.72 Å². The Kier molecular flexibility index (Phi) is 4.94. The molecule has 0 amide bonds. The summed E-state index contributed by atoms with van der Waals surface area (Å²) in [5.74, 6) is -1.01. The number of ether oxygens (including phenoxy) is 1. The van der Waals surface area contributed by atoms with Crippen molar-refractivity contribution in [3.63, 3.8) is 0 Å². The van der Waals surface area contributed by atoms with Gasteiger partial charge in [-0.05, 0) is 31.4 Å². The fourth-order valence-electron chi connectivity index (χ4n) is 2.10. The summed E-state index contributed by atoms with van der Waals surface area (Å²) in [6, 6.07) is 1.48. The van der Waals surface area contributed by atoms with Crippen molar-refractivity contribution in [1.29, 1.82) is 0 Å². The standard InChI is InChI=1S/C12H16ClNO5S2/c1-8-6-9(20-10(8)13)21(17,18)14-7-12(11(15)16)2-4-19-5-3-12/h6,14H,2-5,7H2,1H3,(H,15,16). The lowest BCUT2D eigenvalue weighted by atomic mass is 9.80. The van der Waals surface area contributed by atoms with E-state index < -0.39 is 21.4 Å². The summed E-state index contributed by atoms with van der Waals surface area (Å²) < 4.78 is 32.5. The smallest absolute Gasteiger partial charge is 0.311 e. The molecule has 6 nitrogen and oxygen atoms in total. The third-order valence-electron chi connectivity index (χ3n) is 3.60. The first-order valence-electron chi connectivity index (χ1n) is 6.34. The largest absolute Gasteiger partial charge is 0.481 e. The van der Waals surface area contributed by atoms with Gasteiger partial charge in [0.2, 0.25) is 10.0 Å². The van der Waals surface area contributed by atoms with Crippen molar-refractivity contribution in [2.75, 3.05) is 19.8 Å². The van der Waals surface area contributed by atoms with Crippen LogP contribution in [0.3, 0.4) is 0 Å². The number of rotatable bonds is 5. The quantitative estimate of drug-likeness (QED) is 0.843. The van der Waals surface area contributed by atoms with E-state index in [9.17, 15) is 18.3 Å². The molecule has 0 radical (unpaired) electrons. The third kappa shape index (κ3) is 3.57. The van der Waals surface area contributed by atoms with Crippen LogP contribution >= 0.6 is 22.9 Å². The van der Waals surface area contributed by atoms with Gasteiger partial charge in [0, 0.05) is 19.8 Å². The highest BCUT2D eigenvalue weighted by Crippen LogP contribution is 2.33. The maximum atomic E-state index is 12.2. The van der Waals surface area contributed by atoms with E-state index in [1.54, 1.807) is 6.92 Å². The summed E-state index contributed by atoms with van der Waals surface area (Å²) in [6.07, 6.45) is 0.574. The molecule has 1 aromatic rings. The molecule has 0 saturated carbocycles. The van der Waals surface area contributed by atoms with Gasteiger partial charge < -0.3 is 9.84 Å². The number of aryl methyl sites for hydroxylation is 1. The maximum absolute atomic E-state index is 12.2. The Labute approximate surface area is 132 Å². The Morgan fingerprint density at radius 2 is 2.14 bits per heavy atom. The molecular weight excluding hydrogens is 338 g/mol. The molecule has 2 rings (SSSR count). The number of thiophene rings is 1. The van der Waals surface area contributed by atoms with Crippen molar-refractivity contribution >= 4 is 38.9 Å². The molecule has 0 aromatic carbocycles. The highest BCUT2D eigenvalue weighted by Gasteiger charge is 2.41. The minimum Gasteiger partial charge on any atom is -0.481 e. The van der Waals surface area contributed by atoms with Crippen LogP contribution in [-0.4, -0.2) is 39.3 Å². The maximum Gasteiger partial charge on any atom is 0.311 e. The molecule has 0 aliphatic carbocycles. The first-order valence-corrected chi connectivity index (χ1v) is 9.01. The number of carboxylic acid groups (broad SMARTS) is 1. The van der Waals surface area contributed by atoms with E-state index in [-0.39, 0.29) is 23.6 Å². The normalized spacial score (nSPS) is 18.6. The molecular formula is C12H16ClNO5S2. The van der Waals surface area contributed by atoms with Crippen LogP contribution in [0.2, 0.25) is 4.34 Å². The second-order valence-electron chi connectivity index (χ2n) is 5.04. The van der Waals surface area contributed by atoms with E-state index in [4.69, 9.17) is 16.3 Å². The van der Waals surface area contributed by atoms with Gasteiger partial charge in [-0.3, -0.25) is 4.79 Å². The fraction of sp³-hybridized carbons (Fsp3) is 0.583. The van der Waals surface area contributed by atoms with Crippen LogP contribution in [0.25, 0.3) is 0 Å². The van der Waals surface area contributed by atoms with Gasteiger partial charge in [-0.1, -0.05) is 11.6 Å². The first-order chi connectivity index (χ1) is 9.77. The van der Waals surface area contributed by atoms with E-state index in [1.165, 1.54) is 6.07 Å². The molecule has 9 heteroatoms. The minimum atomic E-state index is -3.75. The molecule has 118 valence electrons. The molecule has 2 heterocycles. The zero-order valence-corrected chi connectivity index (χ0v) is 13.8. The van der Waals surface area contributed by atoms with Crippen molar-refractivity contribution in [2.45, 2.75) is 24.0 Å². The van der Waals surface area contributed by atoms with Crippen LogP contribution < -0.4 is 4.72 Å². The van der Waals surface area contributed by atoms with E-state index >= 15 is 0 Å². The van der Waals surface area contributed by atoms with E-state index in [1.807, 2.05) is 0 Å². The lowest BCUT2D eigenvalue weighted by Crippen LogP contribution is -2.46. The predicted octanol–water partition coefficient (Wildman–Crippen LogP) is 1.87. The number of hydrogen-bond donors (Lipinski definition) is 2. The van der Waals surface area contributed by atoms with Gasteiger partial charge in [-0.2, -0.15) is 0 Å². The van der Waals surface area contributed by atoms with Gasteiger partial charge in [0.05, 0.1) is 9.75 Å². The molecule has 1 aliphatic rings. The Balaban J connectivity index is 2.15. The molecule has 1 saturated heterocycles. The van der Waals surface area contributed by atoms with Crippen LogP contribution in [0.5, 0.6) is 0 Å². The summed E-state index contributed by atoms with van der Waals surface area (Å²) in [5, 5.41) is 9.40. The first kappa shape index (κ1) is 16.7. The van der Waals surface area contributed by atoms with Gasteiger partial charge >= 0.3 is 5.97 Å². The van der Waals surface area contributed by atoms with Gasteiger partial charge in [-0.25, -0.2) is 13.1 Å². The minimum absolute atomic E-state index is 0.0950. The second kappa shape index (κ2) is 6.21. The van der Waals surface area contributed by atoms with Gasteiger partial charge in [-0.15, -0.1) is 11.3 Å². The Hall–Kier alpha value is -0.670. The number of nitrogens with one attached hydrogen (secondary N) is 1. The molecule has 0 unspecified atom stereocenters. The zero-order chi connectivity index (χ0) is 15.7. The number of carboxylic acids is 1. The lowest BCUT2D eigenvalue weighted by Gasteiger charge is -2.32. The van der Waals surface area contributed by atoms with Gasteiger partial charge in [0.1, 0.15) is 4.21 Å². The van der Waals surface area contributed by atoms with Crippen molar-refractivity contribution in [3.8, 4) is 0 Å².